The SMILES string of the molecule is Cl.N#CC[C@@H](N)c1cc(F)cc(Br)c1. The van der Waals surface area contributed by atoms with Crippen LogP contribution in [0.3, 0.4) is 0 Å². The molecule has 0 amide bonds. The first-order chi connectivity index (χ1) is 6.13. The first-order valence-electron chi connectivity index (χ1n) is 3.72. The Hall–Kier alpha value is -0.630. The number of halogens is 3. The second-order valence-electron chi connectivity index (χ2n) is 2.67. The van der Waals surface area contributed by atoms with Crippen molar-refractivity contribution in [2.45, 2.75) is 12.5 Å². The van der Waals surface area contributed by atoms with E-state index in [1.807, 2.05) is 6.07 Å². The molecule has 0 aromatic heterocycles. The van der Waals surface area contributed by atoms with Crippen molar-refractivity contribution >= 4 is 28.3 Å². The van der Waals surface area contributed by atoms with E-state index in [-0.39, 0.29) is 24.6 Å². The van der Waals surface area contributed by atoms with Gasteiger partial charge in [0.15, 0.2) is 0 Å². The number of nitriles is 1. The number of hydrogen-bond acceptors (Lipinski definition) is 2. The Kier molecular flexibility index (Phi) is 5.70. The quantitative estimate of drug-likeness (QED) is 0.905. The molecule has 76 valence electrons. The standard InChI is InChI=1S/C9H8BrFN2.ClH/c10-7-3-6(4-8(11)5-7)9(13)1-2-12;/h3-5,9H,1,13H2;1H/t9-;/m1./s1. The lowest BCUT2D eigenvalue weighted by Crippen LogP contribution is -2.09. The first kappa shape index (κ1) is 13.4. The largest absolute Gasteiger partial charge is 0.323 e. The lowest BCUT2D eigenvalue weighted by atomic mass is 10.1. The van der Waals surface area contributed by atoms with Gasteiger partial charge in [-0.1, -0.05) is 15.9 Å². The summed E-state index contributed by atoms with van der Waals surface area (Å²) in [6, 6.07) is 5.93. The summed E-state index contributed by atoms with van der Waals surface area (Å²) in [5, 5.41) is 8.40. The highest BCUT2D eigenvalue weighted by Crippen LogP contribution is 2.20. The minimum Gasteiger partial charge on any atom is -0.323 e. The summed E-state index contributed by atoms with van der Waals surface area (Å²) < 4.78 is 13.5. The zero-order valence-corrected chi connectivity index (χ0v) is 9.61. The smallest absolute Gasteiger partial charge is 0.124 e. The molecule has 1 rings (SSSR count). The molecule has 0 aliphatic carbocycles. The molecule has 0 heterocycles. The summed E-state index contributed by atoms with van der Waals surface area (Å²) in [6.07, 6.45) is 0.190. The Morgan fingerprint density at radius 1 is 1.50 bits per heavy atom. The van der Waals surface area contributed by atoms with Crippen molar-refractivity contribution in [1.29, 1.82) is 5.26 Å². The van der Waals surface area contributed by atoms with Gasteiger partial charge in [-0.25, -0.2) is 4.39 Å². The highest BCUT2D eigenvalue weighted by atomic mass is 79.9. The maximum atomic E-state index is 12.9. The van der Waals surface area contributed by atoms with Crippen LogP contribution in [0.4, 0.5) is 4.39 Å². The molecule has 0 radical (unpaired) electrons. The van der Waals surface area contributed by atoms with Gasteiger partial charge in [-0.3, -0.25) is 0 Å². The second kappa shape index (κ2) is 5.97. The van der Waals surface area contributed by atoms with Gasteiger partial charge in [-0.05, 0) is 23.8 Å². The van der Waals surface area contributed by atoms with Gasteiger partial charge in [0, 0.05) is 10.5 Å². The van der Waals surface area contributed by atoms with E-state index in [4.69, 9.17) is 11.0 Å². The number of nitrogens with two attached hydrogens (primary N) is 1. The molecular weight excluding hydrogens is 270 g/mol. The molecular formula is C9H9BrClFN2. The highest BCUT2D eigenvalue weighted by Gasteiger charge is 2.07. The third-order valence-corrected chi connectivity index (χ3v) is 2.08. The molecule has 2 N–H and O–H groups in total. The van der Waals surface area contributed by atoms with Gasteiger partial charge in [0.1, 0.15) is 5.82 Å². The monoisotopic (exact) mass is 278 g/mol. The molecule has 5 heteroatoms. The summed E-state index contributed by atoms with van der Waals surface area (Å²) in [5.74, 6) is -0.349. The lowest BCUT2D eigenvalue weighted by molar-refractivity contribution is 0.619. The Morgan fingerprint density at radius 3 is 2.64 bits per heavy atom. The maximum Gasteiger partial charge on any atom is 0.124 e. The molecule has 0 saturated heterocycles. The molecule has 1 atom stereocenters. The first-order valence-corrected chi connectivity index (χ1v) is 4.51. The number of benzene rings is 1. The fourth-order valence-corrected chi connectivity index (χ4v) is 1.49. The van der Waals surface area contributed by atoms with Crippen LogP contribution in [0.2, 0.25) is 0 Å². The van der Waals surface area contributed by atoms with Crippen molar-refractivity contribution in [2.75, 3.05) is 0 Å². The lowest BCUT2D eigenvalue weighted by Gasteiger charge is -2.07. The molecule has 0 bridgehead atoms. The molecule has 0 saturated carbocycles. The highest BCUT2D eigenvalue weighted by molar-refractivity contribution is 9.10. The van der Waals surface area contributed by atoms with Crippen LogP contribution in [0.1, 0.15) is 18.0 Å². The van der Waals surface area contributed by atoms with E-state index in [1.54, 1.807) is 6.07 Å². The van der Waals surface area contributed by atoms with Crippen LogP contribution in [0.25, 0.3) is 0 Å². The summed E-state index contributed by atoms with van der Waals surface area (Å²) in [6.45, 7) is 0. The van der Waals surface area contributed by atoms with Crippen molar-refractivity contribution in [3.63, 3.8) is 0 Å². The maximum absolute atomic E-state index is 12.9. The van der Waals surface area contributed by atoms with Crippen molar-refractivity contribution in [3.8, 4) is 6.07 Å². The molecule has 14 heavy (non-hydrogen) atoms. The van der Waals surface area contributed by atoms with E-state index in [0.717, 1.165) is 0 Å². The van der Waals surface area contributed by atoms with Gasteiger partial charge in [0.05, 0.1) is 12.5 Å². The second-order valence-corrected chi connectivity index (χ2v) is 3.59. The summed E-state index contributed by atoms with van der Waals surface area (Å²) in [4.78, 5) is 0. The van der Waals surface area contributed by atoms with Crippen molar-refractivity contribution in [1.82, 2.24) is 0 Å². The van der Waals surface area contributed by atoms with Crippen molar-refractivity contribution in [2.24, 2.45) is 5.73 Å². The van der Waals surface area contributed by atoms with Gasteiger partial charge in [0.25, 0.3) is 0 Å². The van der Waals surface area contributed by atoms with E-state index >= 15 is 0 Å². The molecule has 2 nitrogen and oxygen atoms in total. The van der Waals surface area contributed by atoms with Gasteiger partial charge in [0.2, 0.25) is 0 Å². The van der Waals surface area contributed by atoms with E-state index in [9.17, 15) is 4.39 Å². The average molecular weight is 280 g/mol. The van der Waals surface area contributed by atoms with E-state index in [2.05, 4.69) is 15.9 Å². The molecule has 1 aromatic rings. The van der Waals surface area contributed by atoms with Gasteiger partial charge < -0.3 is 5.73 Å². The fraction of sp³-hybridized carbons (Fsp3) is 0.222. The van der Waals surface area contributed by atoms with Gasteiger partial charge in [-0.15, -0.1) is 12.4 Å². The Labute approximate surface area is 96.4 Å². The zero-order valence-electron chi connectivity index (χ0n) is 7.21. The number of hydrogen-bond donors (Lipinski definition) is 1. The molecule has 0 unspecified atom stereocenters. The Balaban J connectivity index is 0.00000169. The normalized spacial score (nSPS) is 11.3. The van der Waals surface area contributed by atoms with Crippen LogP contribution in [-0.4, -0.2) is 0 Å². The zero-order chi connectivity index (χ0) is 9.84. The third-order valence-electron chi connectivity index (χ3n) is 1.62. The minimum absolute atomic E-state index is 0. The summed E-state index contributed by atoms with van der Waals surface area (Å²) in [7, 11) is 0. The summed E-state index contributed by atoms with van der Waals surface area (Å²) >= 11 is 3.15. The topological polar surface area (TPSA) is 49.8 Å². The Morgan fingerprint density at radius 2 is 2.14 bits per heavy atom. The molecule has 0 spiro atoms. The van der Waals surface area contributed by atoms with Crippen LogP contribution in [0.15, 0.2) is 22.7 Å². The summed E-state index contributed by atoms with van der Waals surface area (Å²) in [5.41, 5.74) is 6.27. The molecule has 0 aliphatic rings. The predicted molar refractivity (Wildman–Crippen MR) is 58.5 cm³/mol. The molecule has 1 aromatic carbocycles. The predicted octanol–water partition coefficient (Wildman–Crippen LogP) is 2.92. The van der Waals surface area contributed by atoms with E-state index in [0.29, 0.717) is 10.0 Å². The van der Waals surface area contributed by atoms with Crippen LogP contribution in [-0.2, 0) is 0 Å². The Bertz CT molecular complexity index is 331. The van der Waals surface area contributed by atoms with Crippen LogP contribution in [0, 0.1) is 17.1 Å². The van der Waals surface area contributed by atoms with Crippen LogP contribution in [0.5, 0.6) is 0 Å². The molecule has 0 aliphatic heterocycles. The van der Waals surface area contributed by atoms with Crippen molar-refractivity contribution in [3.05, 3.63) is 34.1 Å². The third kappa shape index (κ3) is 3.62. The fourth-order valence-electron chi connectivity index (χ4n) is 1.01. The van der Waals surface area contributed by atoms with Gasteiger partial charge >= 0.3 is 0 Å². The average Bonchev–Trinajstić information content (AvgIpc) is 2.03. The van der Waals surface area contributed by atoms with E-state index < -0.39 is 6.04 Å². The van der Waals surface area contributed by atoms with Crippen LogP contribution >= 0.6 is 28.3 Å². The van der Waals surface area contributed by atoms with Crippen molar-refractivity contribution < 1.29 is 4.39 Å². The number of nitrogens with zero attached hydrogens (tertiary/aromatic N) is 1. The van der Waals surface area contributed by atoms with E-state index in [1.165, 1.54) is 12.1 Å². The minimum atomic E-state index is -0.419. The van der Waals surface area contributed by atoms with Gasteiger partial charge in [-0.2, -0.15) is 5.26 Å². The molecule has 0 fully saturated rings. The van der Waals surface area contributed by atoms with Crippen LogP contribution < -0.4 is 5.73 Å². The number of rotatable bonds is 2.